The quantitative estimate of drug-likeness (QED) is 0.500. The highest BCUT2D eigenvalue weighted by molar-refractivity contribution is 6.06. The van der Waals surface area contributed by atoms with Crippen molar-refractivity contribution in [3.63, 3.8) is 0 Å². The van der Waals surface area contributed by atoms with E-state index in [9.17, 15) is 19.2 Å². The molecule has 0 atom stereocenters. The summed E-state index contributed by atoms with van der Waals surface area (Å²) in [5.41, 5.74) is -0.984. The molecule has 1 heterocycles. The fourth-order valence-corrected chi connectivity index (χ4v) is 1.96. The van der Waals surface area contributed by atoms with Crippen molar-refractivity contribution in [3.05, 3.63) is 12.7 Å². The van der Waals surface area contributed by atoms with Gasteiger partial charge in [0.25, 0.3) is 5.91 Å². The molecule has 0 saturated carbocycles. The SMILES string of the molecule is C=CCN(CC(=O)O)C(=O)CCN1C(=O)NC(C)(C)C1=O. The number of imide groups is 1. The molecule has 1 rings (SSSR count). The number of rotatable bonds is 7. The average Bonchev–Trinajstić information content (AvgIpc) is 2.55. The van der Waals surface area contributed by atoms with E-state index in [4.69, 9.17) is 5.11 Å². The lowest BCUT2D eigenvalue weighted by molar-refractivity contribution is -0.144. The largest absolute Gasteiger partial charge is 0.480 e. The minimum Gasteiger partial charge on any atom is -0.480 e. The van der Waals surface area contributed by atoms with E-state index >= 15 is 0 Å². The van der Waals surface area contributed by atoms with Gasteiger partial charge in [-0.05, 0) is 13.8 Å². The monoisotopic (exact) mass is 297 g/mol. The summed E-state index contributed by atoms with van der Waals surface area (Å²) in [6.45, 7) is 6.16. The number of carbonyl (C=O) groups excluding carboxylic acids is 3. The lowest BCUT2D eigenvalue weighted by atomic mass is 10.1. The Labute approximate surface area is 122 Å². The molecule has 0 aromatic rings. The van der Waals surface area contributed by atoms with Gasteiger partial charge in [-0.2, -0.15) is 0 Å². The predicted molar refractivity (Wildman–Crippen MR) is 73.4 cm³/mol. The molecular weight excluding hydrogens is 278 g/mol. The summed E-state index contributed by atoms with van der Waals surface area (Å²) < 4.78 is 0. The zero-order valence-corrected chi connectivity index (χ0v) is 12.1. The van der Waals surface area contributed by atoms with Crippen LogP contribution in [0.4, 0.5) is 4.79 Å². The number of carboxylic acid groups (broad SMARTS) is 1. The standard InChI is InChI=1S/C13H19N3O5/c1-4-6-15(8-10(18)19)9(17)5-7-16-11(20)13(2,3)14-12(16)21/h4H,1,5-8H2,2-3H3,(H,14,21)(H,18,19). The van der Waals surface area contributed by atoms with E-state index in [1.165, 1.54) is 6.08 Å². The van der Waals surface area contributed by atoms with Crippen LogP contribution in [0.2, 0.25) is 0 Å². The number of nitrogens with one attached hydrogen (secondary N) is 1. The Kier molecular flexibility index (Phi) is 5.07. The van der Waals surface area contributed by atoms with Gasteiger partial charge in [-0.1, -0.05) is 6.08 Å². The van der Waals surface area contributed by atoms with Crippen molar-refractivity contribution in [2.24, 2.45) is 0 Å². The van der Waals surface area contributed by atoms with Crippen LogP contribution >= 0.6 is 0 Å². The summed E-state index contributed by atoms with van der Waals surface area (Å²) >= 11 is 0. The molecule has 0 aromatic carbocycles. The third-order valence-corrected chi connectivity index (χ3v) is 3.02. The molecule has 0 bridgehead atoms. The molecule has 0 aromatic heterocycles. The minimum absolute atomic E-state index is 0.0831. The number of amides is 4. The van der Waals surface area contributed by atoms with E-state index in [1.54, 1.807) is 13.8 Å². The third-order valence-electron chi connectivity index (χ3n) is 3.02. The van der Waals surface area contributed by atoms with Crippen LogP contribution in [0.1, 0.15) is 20.3 Å². The molecule has 0 unspecified atom stereocenters. The summed E-state index contributed by atoms with van der Waals surface area (Å²) in [5, 5.41) is 11.2. The van der Waals surface area contributed by atoms with Crippen LogP contribution in [0.5, 0.6) is 0 Å². The van der Waals surface area contributed by atoms with Gasteiger partial charge >= 0.3 is 12.0 Å². The molecule has 1 aliphatic rings. The Bertz CT molecular complexity index is 486. The van der Waals surface area contributed by atoms with Gasteiger partial charge < -0.3 is 15.3 Å². The Morgan fingerprint density at radius 3 is 2.48 bits per heavy atom. The number of hydrogen-bond acceptors (Lipinski definition) is 4. The van der Waals surface area contributed by atoms with Gasteiger partial charge in [-0.3, -0.25) is 19.3 Å². The molecule has 1 fully saturated rings. The van der Waals surface area contributed by atoms with Crippen molar-refractivity contribution in [2.75, 3.05) is 19.6 Å². The Morgan fingerprint density at radius 1 is 1.43 bits per heavy atom. The van der Waals surface area contributed by atoms with Gasteiger partial charge in [-0.25, -0.2) is 4.79 Å². The first kappa shape index (κ1) is 16.7. The van der Waals surface area contributed by atoms with Crippen molar-refractivity contribution >= 4 is 23.8 Å². The second-order valence-corrected chi connectivity index (χ2v) is 5.22. The molecular formula is C13H19N3O5. The van der Waals surface area contributed by atoms with E-state index in [2.05, 4.69) is 11.9 Å². The molecule has 0 radical (unpaired) electrons. The first-order valence-corrected chi connectivity index (χ1v) is 6.43. The number of nitrogens with zero attached hydrogens (tertiary/aromatic N) is 2. The average molecular weight is 297 g/mol. The predicted octanol–water partition coefficient (Wildman–Crippen LogP) is -0.194. The zero-order chi connectivity index (χ0) is 16.2. The zero-order valence-electron chi connectivity index (χ0n) is 12.1. The van der Waals surface area contributed by atoms with Gasteiger partial charge in [-0.15, -0.1) is 6.58 Å². The number of hydrogen-bond donors (Lipinski definition) is 2. The molecule has 4 amide bonds. The molecule has 2 N–H and O–H groups in total. The van der Waals surface area contributed by atoms with Gasteiger partial charge in [0.1, 0.15) is 12.1 Å². The van der Waals surface area contributed by atoms with Gasteiger partial charge in [0.15, 0.2) is 0 Å². The molecule has 1 aliphatic heterocycles. The third kappa shape index (κ3) is 4.04. The van der Waals surface area contributed by atoms with E-state index in [0.717, 1.165) is 9.80 Å². The highest BCUT2D eigenvalue weighted by Gasteiger charge is 2.44. The Balaban J connectivity index is 2.63. The number of urea groups is 1. The van der Waals surface area contributed by atoms with Crippen molar-refractivity contribution in [2.45, 2.75) is 25.8 Å². The smallest absolute Gasteiger partial charge is 0.325 e. The summed E-state index contributed by atoms with van der Waals surface area (Å²) in [6, 6.07) is -0.550. The lowest BCUT2D eigenvalue weighted by Crippen LogP contribution is -2.41. The van der Waals surface area contributed by atoms with E-state index in [-0.39, 0.29) is 19.5 Å². The molecule has 21 heavy (non-hydrogen) atoms. The first-order valence-electron chi connectivity index (χ1n) is 6.43. The van der Waals surface area contributed by atoms with Crippen LogP contribution in [0.3, 0.4) is 0 Å². The fourth-order valence-electron chi connectivity index (χ4n) is 1.96. The summed E-state index contributed by atoms with van der Waals surface area (Å²) in [6.07, 6.45) is 1.29. The summed E-state index contributed by atoms with van der Waals surface area (Å²) in [4.78, 5) is 48.3. The van der Waals surface area contributed by atoms with Crippen molar-refractivity contribution in [1.29, 1.82) is 0 Å². The van der Waals surface area contributed by atoms with Crippen molar-refractivity contribution < 1.29 is 24.3 Å². The van der Waals surface area contributed by atoms with E-state index in [0.29, 0.717) is 0 Å². The number of carboxylic acids is 1. The lowest BCUT2D eigenvalue weighted by Gasteiger charge is -2.20. The number of aliphatic carboxylic acids is 1. The maximum atomic E-state index is 11.9. The van der Waals surface area contributed by atoms with Crippen molar-refractivity contribution in [1.82, 2.24) is 15.1 Å². The second-order valence-electron chi connectivity index (χ2n) is 5.22. The second kappa shape index (κ2) is 6.38. The normalized spacial score (nSPS) is 16.6. The molecule has 0 aliphatic carbocycles. The topological polar surface area (TPSA) is 107 Å². The highest BCUT2D eigenvalue weighted by Crippen LogP contribution is 2.16. The summed E-state index contributed by atoms with van der Waals surface area (Å²) in [5.74, 6) is -2.00. The van der Waals surface area contributed by atoms with E-state index in [1.807, 2.05) is 0 Å². The van der Waals surface area contributed by atoms with Gasteiger partial charge in [0.05, 0.1) is 0 Å². The van der Waals surface area contributed by atoms with E-state index < -0.39 is 35.9 Å². The molecule has 8 nitrogen and oxygen atoms in total. The van der Waals surface area contributed by atoms with Crippen LogP contribution in [-0.4, -0.2) is 63.9 Å². The Morgan fingerprint density at radius 2 is 2.05 bits per heavy atom. The first-order chi connectivity index (χ1) is 9.69. The van der Waals surface area contributed by atoms with Crippen LogP contribution < -0.4 is 5.32 Å². The number of carbonyl (C=O) groups is 4. The molecule has 8 heteroatoms. The van der Waals surface area contributed by atoms with Crippen LogP contribution in [-0.2, 0) is 14.4 Å². The maximum absolute atomic E-state index is 11.9. The Hall–Kier alpha value is -2.38. The molecule has 116 valence electrons. The fraction of sp³-hybridized carbons (Fsp3) is 0.538. The highest BCUT2D eigenvalue weighted by atomic mass is 16.4. The van der Waals surface area contributed by atoms with Crippen LogP contribution in [0.25, 0.3) is 0 Å². The van der Waals surface area contributed by atoms with Crippen LogP contribution in [0.15, 0.2) is 12.7 Å². The molecule has 0 spiro atoms. The van der Waals surface area contributed by atoms with Crippen molar-refractivity contribution in [3.8, 4) is 0 Å². The minimum atomic E-state index is -1.14. The summed E-state index contributed by atoms with van der Waals surface area (Å²) in [7, 11) is 0. The van der Waals surface area contributed by atoms with Gasteiger partial charge in [0, 0.05) is 19.5 Å². The van der Waals surface area contributed by atoms with Gasteiger partial charge in [0.2, 0.25) is 5.91 Å². The van der Waals surface area contributed by atoms with Crippen LogP contribution in [0, 0.1) is 0 Å². The molecule has 1 saturated heterocycles. The maximum Gasteiger partial charge on any atom is 0.325 e.